The predicted molar refractivity (Wildman–Crippen MR) is 117 cm³/mol. The van der Waals surface area contributed by atoms with Gasteiger partial charge in [0.15, 0.2) is 0 Å². The highest BCUT2D eigenvalue weighted by atomic mass is 16.4. The van der Waals surface area contributed by atoms with Crippen molar-refractivity contribution in [1.29, 1.82) is 0 Å². The molecule has 0 aliphatic rings. The summed E-state index contributed by atoms with van der Waals surface area (Å²) in [5.41, 5.74) is 6.55. The van der Waals surface area contributed by atoms with Crippen LogP contribution in [0.1, 0.15) is 25.8 Å². The molecule has 12 heteroatoms. The molecule has 12 nitrogen and oxygen atoms in total. The minimum absolute atomic E-state index is 0.0577. The number of nitrogens with one attached hydrogen (secondary N) is 3. The fourth-order valence-corrected chi connectivity index (χ4v) is 2.85. The van der Waals surface area contributed by atoms with Gasteiger partial charge in [0, 0.05) is 0 Å². The van der Waals surface area contributed by atoms with E-state index >= 15 is 0 Å². The molecule has 1 rings (SSSR count). The maximum Gasteiger partial charge on any atom is 0.328 e. The molecule has 0 saturated carbocycles. The number of amides is 3. The zero-order valence-electron chi connectivity index (χ0n) is 18.5. The first-order valence-electron chi connectivity index (χ1n) is 10.4. The summed E-state index contributed by atoms with van der Waals surface area (Å²) in [5, 5.41) is 43.9. The average Bonchev–Trinajstić information content (AvgIpc) is 2.79. The molecular weight excluding hydrogens is 436 g/mol. The zero-order valence-corrected chi connectivity index (χ0v) is 18.5. The molecule has 5 unspecified atom stereocenters. The standard InChI is InChI=1S/C21H32N4O8/c1-3-11(2)17(20(31)24-16(10-27)21(32)33)25-19(30)15(9-26)23-18(29)14(22)8-12-4-6-13(28)7-5-12/h4-7,11,14-17,26-28H,3,8-10,22H2,1-2H3,(H,23,29)(H,24,31)(H,25,30)(H,32,33). The quantitative estimate of drug-likeness (QED) is 0.158. The van der Waals surface area contributed by atoms with Gasteiger partial charge in [-0.25, -0.2) is 4.79 Å². The number of rotatable bonds is 13. The highest BCUT2D eigenvalue weighted by Gasteiger charge is 2.32. The second-order valence-electron chi connectivity index (χ2n) is 7.67. The first-order chi connectivity index (χ1) is 15.5. The molecule has 3 amide bonds. The molecule has 0 fully saturated rings. The number of carbonyl (C=O) groups excluding carboxylic acids is 3. The Bertz CT molecular complexity index is 817. The van der Waals surface area contributed by atoms with Crippen molar-refractivity contribution in [3.05, 3.63) is 29.8 Å². The second kappa shape index (κ2) is 13.4. The third-order valence-electron chi connectivity index (χ3n) is 5.13. The number of benzene rings is 1. The monoisotopic (exact) mass is 468 g/mol. The lowest BCUT2D eigenvalue weighted by molar-refractivity contribution is -0.143. The number of aliphatic hydroxyl groups is 2. The lowest BCUT2D eigenvalue weighted by Gasteiger charge is -2.27. The Labute approximate surface area is 191 Å². The van der Waals surface area contributed by atoms with Crippen molar-refractivity contribution in [3.63, 3.8) is 0 Å². The number of aliphatic hydroxyl groups excluding tert-OH is 2. The number of hydrogen-bond donors (Lipinski definition) is 8. The van der Waals surface area contributed by atoms with Gasteiger partial charge in [-0.05, 0) is 30.0 Å². The molecule has 0 radical (unpaired) electrons. The summed E-state index contributed by atoms with van der Waals surface area (Å²) in [6, 6.07) is 0.877. The van der Waals surface area contributed by atoms with Crippen molar-refractivity contribution in [2.45, 2.75) is 50.9 Å². The van der Waals surface area contributed by atoms with Gasteiger partial charge < -0.3 is 42.1 Å². The number of carboxylic acids is 1. The van der Waals surface area contributed by atoms with E-state index in [1.54, 1.807) is 26.0 Å². The topological polar surface area (TPSA) is 211 Å². The Morgan fingerprint density at radius 1 is 0.909 bits per heavy atom. The van der Waals surface area contributed by atoms with Gasteiger partial charge in [-0.1, -0.05) is 32.4 Å². The summed E-state index contributed by atoms with van der Waals surface area (Å²) < 4.78 is 0. The lowest BCUT2D eigenvalue weighted by atomic mass is 9.97. The molecule has 184 valence electrons. The van der Waals surface area contributed by atoms with Crippen LogP contribution in [0.25, 0.3) is 0 Å². The van der Waals surface area contributed by atoms with E-state index < -0.39 is 67.0 Å². The molecule has 0 aliphatic heterocycles. The van der Waals surface area contributed by atoms with E-state index in [-0.39, 0.29) is 12.2 Å². The van der Waals surface area contributed by atoms with Crippen molar-refractivity contribution in [3.8, 4) is 5.75 Å². The van der Waals surface area contributed by atoms with Gasteiger partial charge >= 0.3 is 5.97 Å². The van der Waals surface area contributed by atoms with Crippen molar-refractivity contribution in [1.82, 2.24) is 16.0 Å². The van der Waals surface area contributed by atoms with Crippen LogP contribution in [0.5, 0.6) is 5.75 Å². The lowest BCUT2D eigenvalue weighted by Crippen LogP contribution is -2.59. The summed E-state index contributed by atoms with van der Waals surface area (Å²) >= 11 is 0. The van der Waals surface area contributed by atoms with E-state index in [1.807, 2.05) is 0 Å². The van der Waals surface area contributed by atoms with Crippen LogP contribution in [0, 0.1) is 5.92 Å². The number of aliphatic carboxylic acids is 1. The van der Waals surface area contributed by atoms with Gasteiger partial charge in [-0.2, -0.15) is 0 Å². The smallest absolute Gasteiger partial charge is 0.328 e. The SMILES string of the molecule is CCC(C)C(NC(=O)C(CO)NC(=O)C(N)Cc1ccc(O)cc1)C(=O)NC(CO)C(=O)O. The third kappa shape index (κ3) is 8.67. The second-order valence-corrected chi connectivity index (χ2v) is 7.67. The molecule has 33 heavy (non-hydrogen) atoms. The highest BCUT2D eigenvalue weighted by molar-refractivity contribution is 5.94. The van der Waals surface area contributed by atoms with Crippen LogP contribution in [0.3, 0.4) is 0 Å². The third-order valence-corrected chi connectivity index (χ3v) is 5.13. The van der Waals surface area contributed by atoms with Crippen LogP contribution < -0.4 is 21.7 Å². The number of carboxylic acid groups (broad SMARTS) is 1. The van der Waals surface area contributed by atoms with Gasteiger partial charge in [0.1, 0.15) is 23.9 Å². The van der Waals surface area contributed by atoms with E-state index in [0.29, 0.717) is 12.0 Å². The van der Waals surface area contributed by atoms with Crippen LogP contribution >= 0.6 is 0 Å². The van der Waals surface area contributed by atoms with Crippen molar-refractivity contribution < 1.29 is 39.6 Å². The highest BCUT2D eigenvalue weighted by Crippen LogP contribution is 2.11. The maximum atomic E-state index is 12.7. The van der Waals surface area contributed by atoms with Gasteiger partial charge in [0.25, 0.3) is 0 Å². The summed E-state index contributed by atoms with van der Waals surface area (Å²) in [4.78, 5) is 48.7. The van der Waals surface area contributed by atoms with E-state index in [4.69, 9.17) is 15.9 Å². The summed E-state index contributed by atoms with van der Waals surface area (Å²) in [5.74, 6) is -4.21. The average molecular weight is 469 g/mol. The zero-order chi connectivity index (χ0) is 25.1. The van der Waals surface area contributed by atoms with E-state index in [9.17, 15) is 29.4 Å². The van der Waals surface area contributed by atoms with Crippen molar-refractivity contribution >= 4 is 23.7 Å². The molecule has 0 saturated heterocycles. The molecular formula is C21H32N4O8. The first kappa shape index (κ1) is 27.8. The molecule has 0 aromatic heterocycles. The van der Waals surface area contributed by atoms with E-state index in [1.165, 1.54) is 12.1 Å². The van der Waals surface area contributed by atoms with Crippen molar-refractivity contribution in [2.75, 3.05) is 13.2 Å². The number of phenols is 1. The number of hydrogen-bond acceptors (Lipinski definition) is 8. The van der Waals surface area contributed by atoms with Gasteiger partial charge in [0.05, 0.1) is 19.3 Å². The molecule has 0 aliphatic carbocycles. The molecule has 0 bridgehead atoms. The minimum atomic E-state index is -1.55. The summed E-state index contributed by atoms with van der Waals surface area (Å²) in [6.07, 6.45) is 0.560. The number of nitrogens with two attached hydrogens (primary N) is 1. The van der Waals surface area contributed by atoms with Crippen LogP contribution in [0.2, 0.25) is 0 Å². The van der Waals surface area contributed by atoms with E-state index in [2.05, 4.69) is 16.0 Å². The Morgan fingerprint density at radius 3 is 1.94 bits per heavy atom. The molecule has 1 aromatic carbocycles. The summed E-state index contributed by atoms with van der Waals surface area (Å²) in [7, 11) is 0. The predicted octanol–water partition coefficient (Wildman–Crippen LogP) is -2.17. The number of carbonyl (C=O) groups is 4. The Morgan fingerprint density at radius 2 is 1.45 bits per heavy atom. The Kier molecular flexibility index (Phi) is 11.3. The number of phenolic OH excluding ortho intramolecular Hbond substituents is 1. The molecule has 5 atom stereocenters. The van der Waals surface area contributed by atoms with Crippen LogP contribution in [-0.4, -0.2) is 81.5 Å². The Balaban J connectivity index is 2.82. The number of aromatic hydroxyl groups is 1. The fourth-order valence-electron chi connectivity index (χ4n) is 2.85. The first-order valence-corrected chi connectivity index (χ1v) is 10.4. The molecule has 9 N–H and O–H groups in total. The van der Waals surface area contributed by atoms with Crippen LogP contribution in [0.15, 0.2) is 24.3 Å². The van der Waals surface area contributed by atoms with E-state index in [0.717, 1.165) is 0 Å². The Hall–Kier alpha value is -3.22. The molecule has 1 aromatic rings. The van der Waals surface area contributed by atoms with Gasteiger partial charge in [-0.3, -0.25) is 14.4 Å². The molecule has 0 heterocycles. The minimum Gasteiger partial charge on any atom is -0.508 e. The van der Waals surface area contributed by atoms with Gasteiger partial charge in [-0.15, -0.1) is 0 Å². The fraction of sp³-hybridized carbons (Fsp3) is 0.524. The van der Waals surface area contributed by atoms with Crippen LogP contribution in [-0.2, 0) is 25.6 Å². The molecule has 0 spiro atoms. The summed E-state index contributed by atoms with van der Waals surface area (Å²) in [6.45, 7) is 1.80. The van der Waals surface area contributed by atoms with Crippen LogP contribution in [0.4, 0.5) is 0 Å². The van der Waals surface area contributed by atoms with Crippen molar-refractivity contribution in [2.24, 2.45) is 11.7 Å². The largest absolute Gasteiger partial charge is 0.508 e. The maximum absolute atomic E-state index is 12.7. The normalized spacial score (nSPS) is 15.4. The van der Waals surface area contributed by atoms with Gasteiger partial charge in [0.2, 0.25) is 17.7 Å².